The number of hydrogen-bond donors (Lipinski definition) is 1. The summed E-state index contributed by atoms with van der Waals surface area (Å²) >= 11 is 6.31. The third-order valence-electron chi connectivity index (χ3n) is 6.02. The molecule has 2 amide bonds. The molecule has 174 valence electrons. The molecule has 7 heteroatoms. The molecule has 6 nitrogen and oxygen atoms in total. The maximum absolute atomic E-state index is 13.6. The second-order valence-corrected chi connectivity index (χ2v) is 8.77. The van der Waals surface area contributed by atoms with Gasteiger partial charge in [-0.15, -0.1) is 0 Å². The van der Waals surface area contributed by atoms with Gasteiger partial charge < -0.3 is 14.8 Å². The van der Waals surface area contributed by atoms with E-state index in [0.29, 0.717) is 41.2 Å². The smallest absolute Gasteiger partial charge is 0.267 e. The van der Waals surface area contributed by atoms with E-state index < -0.39 is 0 Å². The molecule has 0 saturated heterocycles. The first-order chi connectivity index (χ1) is 16.4. The molecule has 2 aromatic carbocycles. The average Bonchev–Trinajstić information content (AvgIpc) is 3.28. The molecule has 4 rings (SSSR count). The van der Waals surface area contributed by atoms with Gasteiger partial charge in [0.15, 0.2) is 0 Å². The number of nitrogens with one attached hydrogen (secondary N) is 1. The predicted octanol–water partition coefficient (Wildman–Crippen LogP) is 4.73. The Morgan fingerprint density at radius 2 is 1.88 bits per heavy atom. The number of halogens is 1. The summed E-state index contributed by atoms with van der Waals surface area (Å²) in [5, 5.41) is 4.30. The van der Waals surface area contributed by atoms with Crippen LogP contribution in [0.5, 0.6) is 0 Å². The second-order valence-electron chi connectivity index (χ2n) is 8.34. The van der Waals surface area contributed by atoms with Gasteiger partial charge >= 0.3 is 0 Å². The van der Waals surface area contributed by atoms with Crippen molar-refractivity contribution in [2.75, 3.05) is 13.6 Å². The Labute approximate surface area is 204 Å². The predicted molar refractivity (Wildman–Crippen MR) is 135 cm³/mol. The van der Waals surface area contributed by atoms with E-state index in [1.165, 1.54) is 0 Å². The average molecular weight is 475 g/mol. The van der Waals surface area contributed by atoms with E-state index in [4.69, 9.17) is 11.6 Å². The maximum Gasteiger partial charge on any atom is 0.267 e. The zero-order valence-corrected chi connectivity index (χ0v) is 20.0. The highest BCUT2D eigenvalue weighted by molar-refractivity contribution is 6.32. The summed E-state index contributed by atoms with van der Waals surface area (Å²) in [4.78, 5) is 32.3. The van der Waals surface area contributed by atoms with E-state index in [-0.39, 0.29) is 17.9 Å². The van der Waals surface area contributed by atoms with Crippen molar-refractivity contribution in [2.24, 2.45) is 7.05 Å². The van der Waals surface area contributed by atoms with Gasteiger partial charge in [0.1, 0.15) is 5.69 Å². The zero-order chi connectivity index (χ0) is 24.1. The lowest BCUT2D eigenvalue weighted by atomic mass is 10.0. The number of benzene rings is 2. The number of rotatable bonds is 8. The highest BCUT2D eigenvalue weighted by Crippen LogP contribution is 2.24. The van der Waals surface area contributed by atoms with Crippen molar-refractivity contribution in [1.29, 1.82) is 0 Å². The molecule has 1 N–H and O–H groups in total. The van der Waals surface area contributed by atoms with Gasteiger partial charge in [-0.3, -0.25) is 14.6 Å². The third kappa shape index (κ3) is 5.29. The second kappa shape index (κ2) is 10.5. The minimum absolute atomic E-state index is 0.134. The number of amides is 2. The van der Waals surface area contributed by atoms with E-state index in [9.17, 15) is 9.59 Å². The Morgan fingerprint density at radius 3 is 2.62 bits per heavy atom. The SMILES string of the molecule is CN(C(=O)c1cc(Cl)cc2cccnc12)[C@H](CCNC(=O)c1cccn1C)Cc1ccccc1. The van der Waals surface area contributed by atoms with Gasteiger partial charge in [-0.1, -0.05) is 48.0 Å². The van der Waals surface area contributed by atoms with Crippen LogP contribution in [0.3, 0.4) is 0 Å². The molecule has 0 aliphatic carbocycles. The van der Waals surface area contributed by atoms with Crippen LogP contribution >= 0.6 is 11.6 Å². The van der Waals surface area contributed by atoms with Gasteiger partial charge in [0.05, 0.1) is 11.1 Å². The topological polar surface area (TPSA) is 67.2 Å². The Bertz CT molecular complexity index is 1300. The van der Waals surface area contributed by atoms with E-state index in [1.54, 1.807) is 40.9 Å². The van der Waals surface area contributed by atoms with Crippen LogP contribution in [0, 0.1) is 0 Å². The van der Waals surface area contributed by atoms with Crippen LogP contribution in [-0.2, 0) is 13.5 Å². The van der Waals surface area contributed by atoms with Crippen LogP contribution in [0.15, 0.2) is 79.1 Å². The Kier molecular flexibility index (Phi) is 7.28. The number of likely N-dealkylation sites (N-methyl/N-ethyl adjacent to an activating group) is 1. The van der Waals surface area contributed by atoms with Crippen LogP contribution < -0.4 is 5.32 Å². The summed E-state index contributed by atoms with van der Waals surface area (Å²) in [6, 6.07) is 20.7. The van der Waals surface area contributed by atoms with Crippen molar-refractivity contribution >= 4 is 34.3 Å². The molecule has 4 aromatic rings. The minimum Gasteiger partial charge on any atom is -0.351 e. The fourth-order valence-electron chi connectivity index (χ4n) is 4.13. The maximum atomic E-state index is 13.6. The fourth-order valence-corrected chi connectivity index (χ4v) is 4.36. The first-order valence-electron chi connectivity index (χ1n) is 11.2. The lowest BCUT2D eigenvalue weighted by Gasteiger charge is -2.29. The highest BCUT2D eigenvalue weighted by atomic mass is 35.5. The summed E-state index contributed by atoms with van der Waals surface area (Å²) in [6.07, 6.45) is 4.77. The van der Waals surface area contributed by atoms with Crippen LogP contribution in [0.4, 0.5) is 0 Å². The fraction of sp³-hybridized carbons (Fsp3) is 0.222. The molecule has 0 spiro atoms. The van der Waals surface area contributed by atoms with Crippen LogP contribution in [0.25, 0.3) is 10.9 Å². The summed E-state index contributed by atoms with van der Waals surface area (Å²) in [7, 11) is 3.63. The van der Waals surface area contributed by atoms with E-state index >= 15 is 0 Å². The van der Waals surface area contributed by atoms with Crippen LogP contribution in [0.1, 0.15) is 32.8 Å². The monoisotopic (exact) mass is 474 g/mol. The Morgan fingerprint density at radius 1 is 1.09 bits per heavy atom. The van der Waals surface area contributed by atoms with Gasteiger partial charge in [-0.25, -0.2) is 0 Å². The minimum atomic E-state index is -0.152. The molecule has 0 saturated carbocycles. The molecule has 0 bridgehead atoms. The largest absolute Gasteiger partial charge is 0.351 e. The van der Waals surface area contributed by atoms with Crippen molar-refractivity contribution in [2.45, 2.75) is 18.9 Å². The number of hydrogen-bond acceptors (Lipinski definition) is 3. The summed E-state index contributed by atoms with van der Waals surface area (Å²) in [5.74, 6) is -0.286. The van der Waals surface area contributed by atoms with Crippen molar-refractivity contribution in [1.82, 2.24) is 19.8 Å². The molecule has 2 heterocycles. The lowest BCUT2D eigenvalue weighted by Crippen LogP contribution is -2.41. The summed E-state index contributed by atoms with van der Waals surface area (Å²) in [5.41, 5.74) is 2.81. The van der Waals surface area contributed by atoms with E-state index in [0.717, 1.165) is 10.9 Å². The van der Waals surface area contributed by atoms with Gasteiger partial charge in [0, 0.05) is 49.5 Å². The first kappa shape index (κ1) is 23.5. The van der Waals surface area contributed by atoms with E-state index in [1.807, 2.05) is 61.8 Å². The number of nitrogens with zero attached hydrogens (tertiary/aromatic N) is 3. The van der Waals surface area contributed by atoms with Gasteiger partial charge in [0.2, 0.25) is 0 Å². The molecule has 0 aliphatic heterocycles. The summed E-state index contributed by atoms with van der Waals surface area (Å²) < 4.78 is 1.78. The van der Waals surface area contributed by atoms with Crippen molar-refractivity contribution in [3.63, 3.8) is 0 Å². The normalized spacial score (nSPS) is 11.9. The van der Waals surface area contributed by atoms with Crippen LogP contribution in [0.2, 0.25) is 5.02 Å². The summed E-state index contributed by atoms with van der Waals surface area (Å²) in [6.45, 7) is 0.438. The highest BCUT2D eigenvalue weighted by Gasteiger charge is 2.24. The van der Waals surface area contributed by atoms with Gasteiger partial charge in [-0.05, 0) is 48.7 Å². The number of aromatic nitrogens is 2. The molecule has 0 fully saturated rings. The number of aryl methyl sites for hydroxylation is 1. The lowest BCUT2D eigenvalue weighted by molar-refractivity contribution is 0.0724. The Hall–Kier alpha value is -3.64. The third-order valence-corrected chi connectivity index (χ3v) is 6.24. The van der Waals surface area contributed by atoms with Crippen molar-refractivity contribution in [3.05, 3.63) is 101 Å². The Balaban J connectivity index is 1.55. The van der Waals surface area contributed by atoms with Crippen LogP contribution in [-0.4, -0.2) is 45.9 Å². The molecule has 0 aliphatic rings. The number of pyridine rings is 1. The molecule has 0 radical (unpaired) electrons. The van der Waals surface area contributed by atoms with E-state index in [2.05, 4.69) is 10.3 Å². The molecule has 1 atom stereocenters. The quantitative estimate of drug-likeness (QED) is 0.401. The van der Waals surface area contributed by atoms with Crippen molar-refractivity contribution in [3.8, 4) is 0 Å². The number of fused-ring (bicyclic) bond motifs is 1. The van der Waals surface area contributed by atoms with Gasteiger partial charge in [0.25, 0.3) is 11.8 Å². The molecule has 2 aromatic heterocycles. The van der Waals surface area contributed by atoms with Gasteiger partial charge in [-0.2, -0.15) is 0 Å². The van der Waals surface area contributed by atoms with Crippen molar-refractivity contribution < 1.29 is 9.59 Å². The number of carbonyl (C=O) groups is 2. The first-order valence-corrected chi connectivity index (χ1v) is 11.6. The molecule has 0 unspecified atom stereocenters. The standard InChI is InChI=1S/C27H27ClN4O2/c1-31-15-7-11-24(31)26(33)30-14-12-22(16-19-8-4-3-5-9-19)32(2)27(34)23-18-21(28)17-20-10-6-13-29-25(20)23/h3-11,13,15,17-18,22H,12,14,16H2,1-2H3,(H,30,33)/t22-/m1/s1. The molecular weight excluding hydrogens is 448 g/mol. The number of carbonyl (C=O) groups excluding carboxylic acids is 2. The zero-order valence-electron chi connectivity index (χ0n) is 19.2. The molecule has 34 heavy (non-hydrogen) atoms. The molecular formula is C27H27ClN4O2.